The smallest absolute Gasteiger partial charge is 0.0985 e. The number of hydrogen-bond donors (Lipinski definition) is 1. The van der Waals surface area contributed by atoms with Gasteiger partial charge in [-0.1, -0.05) is 18.5 Å². The van der Waals surface area contributed by atoms with Crippen LogP contribution in [-0.2, 0) is 6.42 Å². The summed E-state index contributed by atoms with van der Waals surface area (Å²) in [5, 5.41) is 4.64. The first-order valence-electron chi connectivity index (χ1n) is 6.08. The maximum atomic E-state index is 6.00. The molecule has 0 saturated heterocycles. The highest BCUT2D eigenvalue weighted by Crippen LogP contribution is 2.30. The van der Waals surface area contributed by atoms with Crippen LogP contribution >= 0.6 is 22.9 Å². The summed E-state index contributed by atoms with van der Waals surface area (Å²) >= 11 is 7.57. The maximum absolute atomic E-state index is 6.00. The molecule has 0 aliphatic carbocycles. The maximum Gasteiger partial charge on any atom is 0.0985 e. The van der Waals surface area contributed by atoms with Crippen LogP contribution in [0.4, 0.5) is 0 Å². The second-order valence-electron chi connectivity index (χ2n) is 4.34. The van der Waals surface area contributed by atoms with E-state index in [1.807, 2.05) is 16.8 Å². The number of aryl methyl sites for hydroxylation is 1. The van der Waals surface area contributed by atoms with E-state index in [9.17, 15) is 0 Å². The minimum atomic E-state index is 0.0847. The molecule has 18 heavy (non-hydrogen) atoms. The van der Waals surface area contributed by atoms with E-state index in [-0.39, 0.29) is 6.04 Å². The van der Waals surface area contributed by atoms with Crippen molar-refractivity contribution >= 4 is 22.9 Å². The van der Waals surface area contributed by atoms with Crippen molar-refractivity contribution in [3.05, 3.63) is 38.3 Å². The summed E-state index contributed by atoms with van der Waals surface area (Å²) in [5.74, 6) is 0. The zero-order valence-corrected chi connectivity index (χ0v) is 12.5. The summed E-state index contributed by atoms with van der Waals surface area (Å²) in [5.41, 5.74) is 9.53. The molecule has 1 atom stereocenters. The van der Waals surface area contributed by atoms with Crippen molar-refractivity contribution in [2.24, 2.45) is 5.73 Å². The van der Waals surface area contributed by atoms with Crippen LogP contribution in [0.25, 0.3) is 0 Å². The topological polar surface area (TPSA) is 43.8 Å². The second kappa shape index (κ2) is 5.43. The fraction of sp³-hybridized carbons (Fsp3) is 0.462. The lowest BCUT2D eigenvalue weighted by atomic mass is 10.1. The van der Waals surface area contributed by atoms with Gasteiger partial charge in [-0.15, -0.1) is 11.3 Å². The third kappa shape index (κ3) is 2.32. The van der Waals surface area contributed by atoms with E-state index in [0.29, 0.717) is 6.54 Å². The lowest BCUT2D eigenvalue weighted by Gasteiger charge is -2.16. The van der Waals surface area contributed by atoms with E-state index < -0.39 is 0 Å². The summed E-state index contributed by atoms with van der Waals surface area (Å²) < 4.78 is 2.83. The van der Waals surface area contributed by atoms with Crippen LogP contribution in [0.5, 0.6) is 0 Å². The van der Waals surface area contributed by atoms with E-state index in [1.165, 1.54) is 11.3 Å². The van der Waals surface area contributed by atoms with Gasteiger partial charge < -0.3 is 5.73 Å². The number of aromatic nitrogens is 2. The Labute approximate surface area is 117 Å². The third-order valence-electron chi connectivity index (χ3n) is 3.27. The van der Waals surface area contributed by atoms with Gasteiger partial charge in [0.05, 0.1) is 16.1 Å². The number of nitrogens with two attached hydrogens (primary N) is 1. The minimum absolute atomic E-state index is 0.0847. The summed E-state index contributed by atoms with van der Waals surface area (Å²) in [6, 6.07) is 4.03. The molecule has 2 heterocycles. The van der Waals surface area contributed by atoms with Gasteiger partial charge in [-0.05, 0) is 38.0 Å². The highest BCUT2D eigenvalue weighted by molar-refractivity contribution is 7.16. The summed E-state index contributed by atoms with van der Waals surface area (Å²) in [6.45, 7) is 6.84. The van der Waals surface area contributed by atoms with Crippen molar-refractivity contribution in [1.82, 2.24) is 9.78 Å². The van der Waals surface area contributed by atoms with Gasteiger partial charge in [0.15, 0.2) is 0 Å². The predicted octanol–water partition coefficient (Wildman–Crippen LogP) is 3.33. The Balaban J connectivity index is 2.45. The quantitative estimate of drug-likeness (QED) is 0.935. The minimum Gasteiger partial charge on any atom is -0.328 e. The average Bonchev–Trinajstić information content (AvgIpc) is 2.86. The molecular formula is C13H18ClN3S. The molecule has 2 aromatic heterocycles. The van der Waals surface area contributed by atoms with Crippen LogP contribution in [0.1, 0.15) is 34.8 Å². The van der Waals surface area contributed by atoms with Crippen molar-refractivity contribution in [2.75, 3.05) is 6.54 Å². The molecule has 2 aromatic rings. The Morgan fingerprint density at radius 3 is 2.61 bits per heavy atom. The van der Waals surface area contributed by atoms with Crippen molar-refractivity contribution in [3.8, 4) is 0 Å². The summed E-state index contributed by atoms with van der Waals surface area (Å²) in [7, 11) is 0. The molecule has 2 rings (SSSR count). The molecule has 0 aliphatic rings. The van der Waals surface area contributed by atoms with Crippen LogP contribution < -0.4 is 5.73 Å². The van der Waals surface area contributed by atoms with E-state index in [2.05, 4.69) is 25.9 Å². The Kier molecular flexibility index (Phi) is 4.10. The van der Waals surface area contributed by atoms with Gasteiger partial charge >= 0.3 is 0 Å². The number of nitrogens with zero attached hydrogens (tertiary/aromatic N) is 2. The highest BCUT2D eigenvalue weighted by atomic mass is 35.5. The highest BCUT2D eigenvalue weighted by Gasteiger charge is 2.19. The van der Waals surface area contributed by atoms with Gasteiger partial charge in [0.25, 0.3) is 0 Å². The number of halogens is 1. The van der Waals surface area contributed by atoms with Gasteiger partial charge in [-0.3, -0.25) is 4.68 Å². The van der Waals surface area contributed by atoms with Gasteiger partial charge in [0, 0.05) is 17.1 Å². The third-order valence-corrected chi connectivity index (χ3v) is 4.60. The fourth-order valence-electron chi connectivity index (χ4n) is 2.36. The lowest BCUT2D eigenvalue weighted by molar-refractivity contribution is 0.523. The molecule has 0 spiro atoms. The Bertz CT molecular complexity index is 544. The molecular weight excluding hydrogens is 266 g/mol. The lowest BCUT2D eigenvalue weighted by Crippen LogP contribution is -2.21. The fourth-order valence-corrected chi connectivity index (χ4v) is 3.52. The molecule has 3 nitrogen and oxygen atoms in total. The Hall–Kier alpha value is -0.840. The van der Waals surface area contributed by atoms with Crippen molar-refractivity contribution < 1.29 is 0 Å². The van der Waals surface area contributed by atoms with Crippen LogP contribution in [0, 0.1) is 13.8 Å². The van der Waals surface area contributed by atoms with Gasteiger partial charge in [0.1, 0.15) is 0 Å². The summed E-state index contributed by atoms with van der Waals surface area (Å²) in [6.07, 6.45) is 1.00. The molecule has 0 fully saturated rings. The monoisotopic (exact) mass is 283 g/mol. The first kappa shape index (κ1) is 13.6. The van der Waals surface area contributed by atoms with Crippen LogP contribution in [0.3, 0.4) is 0 Å². The van der Waals surface area contributed by atoms with E-state index in [4.69, 9.17) is 17.3 Å². The van der Waals surface area contributed by atoms with Crippen LogP contribution in [0.2, 0.25) is 4.34 Å². The zero-order chi connectivity index (χ0) is 13.3. The Morgan fingerprint density at radius 1 is 1.44 bits per heavy atom. The Morgan fingerprint density at radius 2 is 2.17 bits per heavy atom. The molecule has 98 valence electrons. The van der Waals surface area contributed by atoms with E-state index >= 15 is 0 Å². The zero-order valence-electron chi connectivity index (χ0n) is 10.9. The second-order valence-corrected chi connectivity index (χ2v) is 6.09. The molecule has 0 radical (unpaired) electrons. The first-order valence-corrected chi connectivity index (χ1v) is 7.27. The first-order chi connectivity index (χ1) is 8.58. The van der Waals surface area contributed by atoms with Gasteiger partial charge in [0.2, 0.25) is 0 Å². The van der Waals surface area contributed by atoms with Crippen molar-refractivity contribution in [3.63, 3.8) is 0 Å². The average molecular weight is 284 g/mol. The predicted molar refractivity (Wildman–Crippen MR) is 77.6 cm³/mol. The van der Waals surface area contributed by atoms with Crippen LogP contribution in [-0.4, -0.2) is 16.3 Å². The number of rotatable bonds is 4. The van der Waals surface area contributed by atoms with E-state index in [1.54, 1.807) is 11.3 Å². The molecule has 0 amide bonds. The normalized spacial score (nSPS) is 12.9. The molecule has 0 saturated carbocycles. The van der Waals surface area contributed by atoms with Crippen LogP contribution in [0.15, 0.2) is 12.1 Å². The largest absolute Gasteiger partial charge is 0.328 e. The standard InChI is InChI=1S/C13H18ClN3S/c1-4-10-8(2)16-17(9(10)3)11(7-15)12-5-6-13(14)18-12/h5-6,11H,4,7,15H2,1-3H3. The van der Waals surface area contributed by atoms with Crippen molar-refractivity contribution in [1.29, 1.82) is 0 Å². The number of thiophene rings is 1. The SMILES string of the molecule is CCc1c(C)nn(C(CN)c2ccc(Cl)s2)c1C. The van der Waals surface area contributed by atoms with Gasteiger partial charge in [-0.25, -0.2) is 0 Å². The molecule has 2 N–H and O–H groups in total. The number of hydrogen-bond acceptors (Lipinski definition) is 3. The molecule has 0 aliphatic heterocycles. The van der Waals surface area contributed by atoms with Gasteiger partial charge in [-0.2, -0.15) is 5.10 Å². The molecule has 0 aromatic carbocycles. The molecule has 1 unspecified atom stereocenters. The van der Waals surface area contributed by atoms with E-state index in [0.717, 1.165) is 21.3 Å². The molecule has 0 bridgehead atoms. The molecule has 5 heteroatoms. The summed E-state index contributed by atoms with van der Waals surface area (Å²) in [4.78, 5) is 1.16. The van der Waals surface area contributed by atoms with Crippen molar-refractivity contribution in [2.45, 2.75) is 33.2 Å².